The number of hydrogen-bond donors (Lipinski definition) is 0. The minimum atomic E-state index is -3.84. The van der Waals surface area contributed by atoms with Crippen LogP contribution in [0, 0.1) is 0 Å². The number of amides is 2. The lowest BCUT2D eigenvalue weighted by molar-refractivity contribution is 0.138. The summed E-state index contributed by atoms with van der Waals surface area (Å²) in [5.74, 6) is 0.562. The summed E-state index contributed by atoms with van der Waals surface area (Å²) < 4.78 is 33.3. The van der Waals surface area contributed by atoms with Crippen LogP contribution in [0.4, 0.5) is 10.6 Å². The van der Waals surface area contributed by atoms with Crippen LogP contribution < -0.4 is 9.04 Å². The lowest BCUT2D eigenvalue weighted by atomic mass is 9.85. The number of ether oxygens (including phenoxy) is 1. The van der Waals surface area contributed by atoms with Gasteiger partial charge in [0.15, 0.2) is 17.2 Å². The molecule has 0 bridgehead atoms. The molecule has 0 saturated carbocycles. The highest BCUT2D eigenvalue weighted by Gasteiger charge is 2.43. The van der Waals surface area contributed by atoms with Gasteiger partial charge in [0.05, 0.1) is 17.7 Å². The third kappa shape index (κ3) is 7.22. The number of aryl methyl sites for hydroxylation is 1. The fourth-order valence-corrected chi connectivity index (χ4v) is 7.14. The Labute approximate surface area is 278 Å². The fraction of sp³-hybridized carbons (Fsp3) is 0.351. The van der Waals surface area contributed by atoms with Gasteiger partial charge in [-0.25, -0.2) is 22.5 Å². The van der Waals surface area contributed by atoms with E-state index in [4.69, 9.17) is 9.72 Å². The van der Waals surface area contributed by atoms with Gasteiger partial charge in [-0.3, -0.25) is 4.90 Å². The van der Waals surface area contributed by atoms with E-state index in [1.165, 1.54) is 19.7 Å². The van der Waals surface area contributed by atoms with Crippen molar-refractivity contribution in [3.8, 4) is 17.0 Å². The van der Waals surface area contributed by atoms with Crippen LogP contribution in [-0.4, -0.2) is 50.7 Å². The molecule has 2 heterocycles. The first-order valence-corrected chi connectivity index (χ1v) is 17.3. The predicted octanol–water partition coefficient (Wildman–Crippen LogP) is 8.05. The number of hydrogen-bond acceptors (Lipinski definition) is 6. The molecule has 9 nitrogen and oxygen atoms in total. The normalized spacial score (nSPS) is 16.5. The Morgan fingerprint density at radius 3 is 2.17 bits per heavy atom. The highest BCUT2D eigenvalue weighted by molar-refractivity contribution is 7.92. The average Bonchev–Trinajstić information content (AvgIpc) is 3.38. The summed E-state index contributed by atoms with van der Waals surface area (Å²) in [4.78, 5) is 19.3. The second-order valence-electron chi connectivity index (χ2n) is 12.9. The van der Waals surface area contributed by atoms with Crippen LogP contribution in [0.3, 0.4) is 0 Å². The van der Waals surface area contributed by atoms with Gasteiger partial charge in [0, 0.05) is 25.6 Å². The SMILES string of the molecule is CCN1C(=O)N=NC1(CCCc1ccc(-c2ccc(OC)c(N(C)S(=O)(=O)c3ccccc3)n2)cc1)Cc1ccc(C(C)(C)C)cc1. The van der Waals surface area contributed by atoms with Gasteiger partial charge in [0.2, 0.25) is 0 Å². The number of rotatable bonds is 12. The Balaban J connectivity index is 1.30. The van der Waals surface area contributed by atoms with E-state index in [1.807, 2.05) is 25.1 Å². The number of benzene rings is 3. The lowest BCUT2D eigenvalue weighted by Gasteiger charge is -2.34. The Hall–Kier alpha value is -4.57. The molecule has 0 aliphatic carbocycles. The van der Waals surface area contributed by atoms with Crippen LogP contribution in [0.25, 0.3) is 11.3 Å². The molecule has 246 valence electrons. The topological polar surface area (TPSA) is 105 Å². The van der Waals surface area contributed by atoms with Crippen molar-refractivity contribution < 1.29 is 17.9 Å². The maximum atomic E-state index is 13.3. The molecule has 0 radical (unpaired) electrons. The van der Waals surface area contributed by atoms with Crippen molar-refractivity contribution in [3.05, 3.63) is 108 Å². The molecule has 2 amide bonds. The molecule has 0 spiro atoms. The smallest absolute Gasteiger partial charge is 0.363 e. The molecule has 10 heteroatoms. The number of likely N-dealkylation sites (N-methyl/N-ethyl adjacent to an activating group) is 1. The first-order valence-electron chi connectivity index (χ1n) is 15.9. The van der Waals surface area contributed by atoms with Crippen LogP contribution >= 0.6 is 0 Å². The molecular formula is C37H43N5O4S. The zero-order chi connectivity index (χ0) is 33.8. The number of carbonyl (C=O) groups excluding carboxylic acids is 1. The third-order valence-corrected chi connectivity index (χ3v) is 10.5. The molecule has 1 unspecified atom stereocenters. The molecule has 1 atom stereocenters. The minimum Gasteiger partial charge on any atom is -0.493 e. The summed E-state index contributed by atoms with van der Waals surface area (Å²) in [6.45, 7) is 9.10. The maximum absolute atomic E-state index is 13.3. The molecular weight excluding hydrogens is 611 g/mol. The standard InChI is InChI=1S/C37H43N5O4S/c1-7-42-35(43)39-40-37(42,26-28-17-21-30(22-18-28)36(2,3)4)25-11-12-27-15-19-29(20-16-27)32-23-24-33(46-6)34(38-32)41(5)47(44,45)31-13-9-8-10-14-31/h8-10,13-24H,7,11-12,25-26H2,1-6H3. The number of anilines is 1. The van der Waals surface area contributed by atoms with Crippen molar-refractivity contribution in [2.45, 2.75) is 69.4 Å². The van der Waals surface area contributed by atoms with E-state index in [1.54, 1.807) is 41.3 Å². The molecule has 0 saturated heterocycles. The first kappa shape index (κ1) is 33.8. The van der Waals surface area contributed by atoms with E-state index >= 15 is 0 Å². The zero-order valence-electron chi connectivity index (χ0n) is 28.0. The monoisotopic (exact) mass is 653 g/mol. The van der Waals surface area contributed by atoms with Gasteiger partial charge in [-0.05, 0) is 72.6 Å². The molecule has 5 rings (SSSR count). The minimum absolute atomic E-state index is 0.0648. The Bertz CT molecular complexity index is 1840. The summed E-state index contributed by atoms with van der Waals surface area (Å²) in [7, 11) is -0.868. The number of azo groups is 1. The summed E-state index contributed by atoms with van der Waals surface area (Å²) >= 11 is 0. The molecule has 1 aliphatic rings. The van der Waals surface area contributed by atoms with Crippen LogP contribution in [0.2, 0.25) is 0 Å². The van der Waals surface area contributed by atoms with Crippen LogP contribution in [-0.2, 0) is 28.3 Å². The Morgan fingerprint density at radius 2 is 1.55 bits per heavy atom. The largest absolute Gasteiger partial charge is 0.493 e. The van der Waals surface area contributed by atoms with Crippen molar-refractivity contribution in [1.29, 1.82) is 0 Å². The fourth-order valence-electron chi connectivity index (χ4n) is 5.97. The summed E-state index contributed by atoms with van der Waals surface area (Å²) in [6.07, 6.45) is 2.91. The molecule has 1 aliphatic heterocycles. The van der Waals surface area contributed by atoms with E-state index in [9.17, 15) is 13.2 Å². The number of carbonyl (C=O) groups is 1. The van der Waals surface area contributed by atoms with Crippen molar-refractivity contribution in [1.82, 2.24) is 9.88 Å². The number of sulfonamides is 1. The zero-order valence-corrected chi connectivity index (χ0v) is 28.8. The average molecular weight is 654 g/mol. The van der Waals surface area contributed by atoms with Gasteiger partial charge in [-0.1, -0.05) is 92.6 Å². The Kier molecular flexibility index (Phi) is 9.81. The van der Waals surface area contributed by atoms with Gasteiger partial charge < -0.3 is 4.74 Å². The molecule has 0 N–H and O–H groups in total. The Morgan fingerprint density at radius 1 is 0.894 bits per heavy atom. The number of methoxy groups -OCH3 is 1. The van der Waals surface area contributed by atoms with Gasteiger partial charge in [-0.2, -0.15) is 5.11 Å². The second-order valence-corrected chi connectivity index (χ2v) is 14.9. The van der Waals surface area contributed by atoms with E-state index in [2.05, 4.69) is 67.4 Å². The summed E-state index contributed by atoms with van der Waals surface area (Å²) in [5, 5.41) is 8.55. The van der Waals surface area contributed by atoms with E-state index in [-0.39, 0.29) is 22.2 Å². The first-order chi connectivity index (χ1) is 22.4. The maximum Gasteiger partial charge on any atom is 0.363 e. The molecule has 4 aromatic rings. The molecule has 0 fully saturated rings. The van der Waals surface area contributed by atoms with E-state index in [0.29, 0.717) is 30.8 Å². The quantitative estimate of drug-likeness (QED) is 0.154. The molecule has 1 aromatic heterocycles. The molecule has 47 heavy (non-hydrogen) atoms. The van der Waals surface area contributed by atoms with E-state index in [0.717, 1.165) is 33.8 Å². The molecule has 3 aromatic carbocycles. The van der Waals surface area contributed by atoms with E-state index < -0.39 is 15.7 Å². The number of aromatic nitrogens is 1. The third-order valence-electron chi connectivity index (χ3n) is 8.73. The van der Waals surface area contributed by atoms with Gasteiger partial charge in [-0.15, -0.1) is 0 Å². The lowest BCUT2D eigenvalue weighted by Crippen LogP contribution is -2.47. The summed E-state index contributed by atoms with van der Waals surface area (Å²) in [6, 6.07) is 28.2. The van der Waals surface area contributed by atoms with Crippen molar-refractivity contribution in [3.63, 3.8) is 0 Å². The number of nitrogens with zero attached hydrogens (tertiary/aromatic N) is 5. The number of urea groups is 1. The summed E-state index contributed by atoms with van der Waals surface area (Å²) in [5.41, 5.74) is 4.37. The van der Waals surface area contributed by atoms with Gasteiger partial charge >= 0.3 is 6.03 Å². The van der Waals surface area contributed by atoms with Crippen LogP contribution in [0.15, 0.2) is 106 Å². The van der Waals surface area contributed by atoms with Crippen molar-refractivity contribution in [2.24, 2.45) is 10.2 Å². The van der Waals surface area contributed by atoms with Crippen molar-refractivity contribution >= 4 is 21.9 Å². The highest BCUT2D eigenvalue weighted by Crippen LogP contribution is 2.36. The van der Waals surface area contributed by atoms with Crippen LogP contribution in [0.5, 0.6) is 5.75 Å². The van der Waals surface area contributed by atoms with Crippen molar-refractivity contribution in [2.75, 3.05) is 25.0 Å². The highest BCUT2D eigenvalue weighted by atomic mass is 32.2. The predicted molar refractivity (Wildman–Crippen MR) is 185 cm³/mol. The van der Waals surface area contributed by atoms with Gasteiger partial charge in [0.25, 0.3) is 10.0 Å². The second kappa shape index (κ2) is 13.7. The van der Waals surface area contributed by atoms with Crippen LogP contribution in [0.1, 0.15) is 57.2 Å². The van der Waals surface area contributed by atoms with Gasteiger partial charge in [0.1, 0.15) is 0 Å². The number of pyridine rings is 1.